The molecule has 61 heavy (non-hydrogen) atoms. The molecule has 0 radical (unpaired) electrons. The van der Waals surface area contributed by atoms with Gasteiger partial charge in [0.05, 0.1) is 10.3 Å². The van der Waals surface area contributed by atoms with Crippen molar-refractivity contribution in [3.05, 3.63) is 132 Å². The van der Waals surface area contributed by atoms with Gasteiger partial charge < -0.3 is 29.7 Å². The van der Waals surface area contributed by atoms with Crippen LogP contribution in [0.5, 0.6) is 11.5 Å². The SMILES string of the molecule is Cc1ccc(S(=O)(=O)n2cc(-c3ccnc(NC(=O)C(NC(=O)OC(C)(C)C)c4ccccc4)c3)c3c(Oc4ccc5c(c4)CN(C(=O)OC(C)(C)C)CC5)ccnc32)cc1. The van der Waals surface area contributed by atoms with Crippen molar-refractivity contribution in [3.8, 4) is 22.6 Å². The molecule has 1 aliphatic heterocycles. The van der Waals surface area contributed by atoms with Crippen molar-refractivity contribution >= 4 is 45.0 Å². The van der Waals surface area contributed by atoms with Gasteiger partial charge >= 0.3 is 12.2 Å². The number of fused-ring (bicyclic) bond motifs is 2. The average molecular weight is 845 g/mol. The molecule has 15 heteroatoms. The number of benzene rings is 3. The summed E-state index contributed by atoms with van der Waals surface area (Å²) in [7, 11) is -4.18. The first-order valence-electron chi connectivity index (χ1n) is 19.8. The van der Waals surface area contributed by atoms with E-state index in [1.54, 1.807) is 98.5 Å². The smallest absolute Gasteiger partial charge is 0.410 e. The van der Waals surface area contributed by atoms with Crippen molar-refractivity contribution < 1.29 is 37.0 Å². The Labute approximate surface area is 354 Å². The average Bonchev–Trinajstić information content (AvgIpc) is 3.61. The van der Waals surface area contributed by atoms with Gasteiger partial charge in [-0.3, -0.25) is 4.79 Å². The highest BCUT2D eigenvalue weighted by Gasteiger charge is 2.29. The second kappa shape index (κ2) is 16.7. The quantitative estimate of drug-likeness (QED) is 0.143. The molecule has 0 fully saturated rings. The number of ether oxygens (including phenoxy) is 3. The number of nitrogens with one attached hydrogen (secondary N) is 2. The zero-order valence-corrected chi connectivity index (χ0v) is 35.9. The molecular weight excluding hydrogens is 797 g/mol. The van der Waals surface area contributed by atoms with Gasteiger partial charge in [-0.05, 0) is 120 Å². The molecule has 2 N–H and O–H groups in total. The number of carbonyl (C=O) groups is 3. The van der Waals surface area contributed by atoms with Crippen LogP contribution >= 0.6 is 0 Å². The van der Waals surface area contributed by atoms with Gasteiger partial charge in [-0.1, -0.05) is 54.1 Å². The van der Waals surface area contributed by atoms with Gasteiger partial charge in [-0.25, -0.2) is 31.9 Å². The van der Waals surface area contributed by atoms with Crippen LogP contribution in [0.1, 0.15) is 69.8 Å². The van der Waals surface area contributed by atoms with Crippen LogP contribution in [0.2, 0.25) is 0 Å². The van der Waals surface area contributed by atoms with Crippen molar-refractivity contribution in [2.45, 2.75) is 83.6 Å². The number of rotatable bonds is 9. The molecule has 1 unspecified atom stereocenters. The summed E-state index contributed by atoms with van der Waals surface area (Å²) >= 11 is 0. The minimum absolute atomic E-state index is 0.0611. The summed E-state index contributed by atoms with van der Waals surface area (Å²) in [6.07, 6.45) is 3.90. The number of hydrogen-bond donors (Lipinski definition) is 2. The van der Waals surface area contributed by atoms with Crippen molar-refractivity contribution in [3.63, 3.8) is 0 Å². The number of amides is 3. The van der Waals surface area contributed by atoms with Crippen LogP contribution in [-0.2, 0) is 37.3 Å². The maximum atomic E-state index is 14.3. The fraction of sp³-hybridized carbons (Fsp3) is 0.283. The highest BCUT2D eigenvalue weighted by Crippen LogP contribution is 2.40. The van der Waals surface area contributed by atoms with Crippen LogP contribution < -0.4 is 15.4 Å². The van der Waals surface area contributed by atoms with Crippen LogP contribution in [0, 0.1) is 6.92 Å². The Balaban J connectivity index is 1.27. The van der Waals surface area contributed by atoms with E-state index in [0.717, 1.165) is 20.7 Å². The molecule has 0 saturated carbocycles. The van der Waals surface area contributed by atoms with E-state index in [4.69, 9.17) is 14.2 Å². The normalized spacial score (nSPS) is 13.5. The molecule has 0 spiro atoms. The van der Waals surface area contributed by atoms with Crippen LogP contribution in [0.3, 0.4) is 0 Å². The van der Waals surface area contributed by atoms with Gasteiger partial charge in [0.25, 0.3) is 15.9 Å². The number of nitrogens with zero attached hydrogens (tertiary/aromatic N) is 4. The summed E-state index contributed by atoms with van der Waals surface area (Å²) in [5, 5.41) is 5.86. The number of aryl methyl sites for hydroxylation is 1. The summed E-state index contributed by atoms with van der Waals surface area (Å²) in [5.74, 6) is 0.317. The van der Waals surface area contributed by atoms with E-state index in [1.807, 2.05) is 45.9 Å². The predicted octanol–water partition coefficient (Wildman–Crippen LogP) is 8.93. The molecule has 0 bridgehead atoms. The molecule has 4 heterocycles. The third-order valence-electron chi connectivity index (χ3n) is 9.64. The molecular formula is C46H48N6O8S. The number of aromatic nitrogens is 3. The lowest BCUT2D eigenvalue weighted by Gasteiger charge is -2.31. The van der Waals surface area contributed by atoms with E-state index in [0.29, 0.717) is 53.1 Å². The highest BCUT2D eigenvalue weighted by atomic mass is 32.2. The van der Waals surface area contributed by atoms with Crippen molar-refractivity contribution in [2.75, 3.05) is 11.9 Å². The van der Waals surface area contributed by atoms with Crippen molar-refractivity contribution in [1.29, 1.82) is 0 Å². The van der Waals surface area contributed by atoms with Crippen molar-refractivity contribution in [2.24, 2.45) is 0 Å². The van der Waals surface area contributed by atoms with Crippen LogP contribution in [0.25, 0.3) is 22.2 Å². The fourth-order valence-electron chi connectivity index (χ4n) is 6.85. The first-order chi connectivity index (χ1) is 28.8. The summed E-state index contributed by atoms with van der Waals surface area (Å²) < 4.78 is 47.4. The van der Waals surface area contributed by atoms with E-state index in [-0.39, 0.29) is 16.4 Å². The lowest BCUT2D eigenvalue weighted by molar-refractivity contribution is -0.118. The molecule has 0 saturated heterocycles. The summed E-state index contributed by atoms with van der Waals surface area (Å²) in [4.78, 5) is 50.4. The Morgan fingerprint density at radius 3 is 2.21 bits per heavy atom. The third-order valence-corrected chi connectivity index (χ3v) is 11.3. The molecule has 0 aliphatic carbocycles. The summed E-state index contributed by atoms with van der Waals surface area (Å²) in [6.45, 7) is 13.4. The Kier molecular flexibility index (Phi) is 11.6. The largest absolute Gasteiger partial charge is 0.457 e. The number of carbonyl (C=O) groups excluding carboxylic acids is 3. The van der Waals surface area contributed by atoms with Crippen molar-refractivity contribution in [1.82, 2.24) is 24.2 Å². The van der Waals surface area contributed by atoms with Gasteiger partial charge in [0.15, 0.2) is 5.65 Å². The number of alkyl carbamates (subject to hydrolysis) is 1. The Morgan fingerprint density at radius 1 is 0.803 bits per heavy atom. The van der Waals surface area contributed by atoms with Gasteiger partial charge in [-0.15, -0.1) is 0 Å². The lowest BCUT2D eigenvalue weighted by Crippen LogP contribution is -2.40. The minimum Gasteiger partial charge on any atom is -0.457 e. The maximum Gasteiger partial charge on any atom is 0.410 e. The molecule has 14 nitrogen and oxygen atoms in total. The minimum atomic E-state index is -4.18. The van der Waals surface area contributed by atoms with Gasteiger partial charge in [0.2, 0.25) is 0 Å². The zero-order valence-electron chi connectivity index (χ0n) is 35.1. The first-order valence-corrected chi connectivity index (χ1v) is 21.2. The zero-order chi connectivity index (χ0) is 43.7. The number of anilines is 1. The van der Waals surface area contributed by atoms with Crippen LogP contribution in [0.4, 0.5) is 15.4 Å². The summed E-state index contributed by atoms with van der Waals surface area (Å²) in [5.41, 5.74) is 2.95. The molecule has 1 atom stereocenters. The standard InChI is InChI=1S/C46H48N6O8S/c1-29-13-17-35(18-14-29)61(56,57)52-28-36(32-19-22-47-38(26-32)49-42(53)40(31-11-9-8-10-12-31)50-43(54)59-45(2,3)4)39-37(20-23-48-41(39)52)58-34-16-15-30-21-24-51(27-33(30)25-34)44(55)60-46(5,6)7/h8-20,22-23,25-26,28,40H,21,24,27H2,1-7H3,(H,50,54)(H,47,49,53). The van der Waals surface area contributed by atoms with E-state index in [1.165, 1.54) is 18.6 Å². The topological polar surface area (TPSA) is 171 Å². The monoisotopic (exact) mass is 844 g/mol. The maximum absolute atomic E-state index is 14.3. The van der Waals surface area contributed by atoms with E-state index in [9.17, 15) is 22.8 Å². The number of hydrogen-bond acceptors (Lipinski definition) is 10. The predicted molar refractivity (Wildman–Crippen MR) is 231 cm³/mol. The second-order valence-corrected chi connectivity index (χ2v) is 18.6. The van der Waals surface area contributed by atoms with Crippen LogP contribution in [0.15, 0.2) is 114 Å². The Morgan fingerprint density at radius 2 is 1.51 bits per heavy atom. The first kappa shape index (κ1) is 42.4. The van der Waals surface area contributed by atoms with E-state index >= 15 is 0 Å². The third kappa shape index (κ3) is 9.84. The Bertz CT molecular complexity index is 2720. The molecule has 316 valence electrons. The molecule has 3 aromatic carbocycles. The molecule has 1 aliphatic rings. The molecule has 3 amide bonds. The molecule has 7 rings (SSSR count). The molecule has 3 aromatic heterocycles. The summed E-state index contributed by atoms with van der Waals surface area (Å²) in [6, 6.07) is 24.7. The lowest BCUT2D eigenvalue weighted by atomic mass is 10.00. The Hall–Kier alpha value is -6.74. The van der Waals surface area contributed by atoms with E-state index in [2.05, 4.69) is 20.6 Å². The second-order valence-electron chi connectivity index (χ2n) is 16.8. The van der Waals surface area contributed by atoms with Crippen LogP contribution in [-0.4, -0.2) is 63.1 Å². The van der Waals surface area contributed by atoms with E-state index < -0.39 is 45.4 Å². The van der Waals surface area contributed by atoms with Gasteiger partial charge in [-0.2, -0.15) is 0 Å². The highest BCUT2D eigenvalue weighted by molar-refractivity contribution is 7.90. The van der Waals surface area contributed by atoms with Gasteiger partial charge in [0, 0.05) is 37.2 Å². The fourth-order valence-corrected chi connectivity index (χ4v) is 8.17. The number of pyridine rings is 2. The van der Waals surface area contributed by atoms with Gasteiger partial charge in [0.1, 0.15) is 34.6 Å². The molecule has 6 aromatic rings.